The van der Waals surface area contributed by atoms with Crippen molar-refractivity contribution in [3.63, 3.8) is 0 Å². The summed E-state index contributed by atoms with van der Waals surface area (Å²) in [5, 5.41) is 33.9. The Bertz CT molecular complexity index is 5010. The summed E-state index contributed by atoms with van der Waals surface area (Å²) in [4.78, 5) is 58.2. The van der Waals surface area contributed by atoms with Crippen molar-refractivity contribution in [3.05, 3.63) is 249 Å². The van der Waals surface area contributed by atoms with E-state index in [2.05, 4.69) is 165 Å². The van der Waals surface area contributed by atoms with Crippen LogP contribution in [0.1, 0.15) is 194 Å². The second-order valence-electron chi connectivity index (χ2n) is 40.0. The molecule has 6 aliphatic carbocycles. The van der Waals surface area contributed by atoms with Crippen LogP contribution < -0.4 is 17.4 Å². The summed E-state index contributed by atoms with van der Waals surface area (Å²) in [6.07, 6.45) is 12.9. The number of benzene rings is 7. The molecular weight excluding hydrogens is 1670 g/mol. The Kier molecular flexibility index (Phi) is 31.0. The second kappa shape index (κ2) is 40.8. The number of halogens is 3. The van der Waals surface area contributed by atoms with Gasteiger partial charge in [-0.2, -0.15) is 5.26 Å². The van der Waals surface area contributed by atoms with Crippen LogP contribution in [0, 0.1) is 63.4 Å². The van der Waals surface area contributed by atoms with Gasteiger partial charge in [-0.15, -0.1) is 0 Å². The highest BCUT2D eigenvalue weighted by atomic mass is 28.4. The van der Waals surface area contributed by atoms with Gasteiger partial charge in [0.15, 0.2) is 24.7 Å². The van der Waals surface area contributed by atoms with E-state index < -0.39 is 35.9 Å². The van der Waals surface area contributed by atoms with Crippen LogP contribution in [0.5, 0.6) is 0 Å². The number of nitrogens with two attached hydrogens (primary N) is 3. The molecule has 7 aromatic carbocycles. The molecule has 0 radical (unpaired) electrons. The zero-order chi connectivity index (χ0) is 92.5. The number of ketones is 1. The number of Topliss-reactive ketones (excluding diaryl/α,β-unsaturated/α-hetero) is 1. The van der Waals surface area contributed by atoms with E-state index in [1.165, 1.54) is 74.7 Å². The van der Waals surface area contributed by atoms with Crippen molar-refractivity contribution in [2.45, 2.75) is 241 Å². The average Bonchev–Trinajstić information content (AvgIpc) is 1.56. The number of carbonyl (C=O) groups excluding carboxylic acids is 3. The number of aliphatic imine (C=N–C) groups is 3. The molecule has 684 valence electrons. The van der Waals surface area contributed by atoms with Crippen molar-refractivity contribution in [2.24, 2.45) is 56.1 Å². The molecule has 3 spiro atoms. The molecule has 28 heteroatoms. The van der Waals surface area contributed by atoms with Gasteiger partial charge in [0.2, 0.25) is 0 Å². The van der Waals surface area contributed by atoms with Gasteiger partial charge in [0.1, 0.15) is 45.6 Å². The van der Waals surface area contributed by atoms with E-state index in [4.69, 9.17) is 54.4 Å². The minimum atomic E-state index is -1.54. The summed E-state index contributed by atoms with van der Waals surface area (Å²) in [5.74, 6) is 10.2. The van der Waals surface area contributed by atoms with Crippen LogP contribution >= 0.6 is 0 Å². The molecule has 128 heavy (non-hydrogen) atoms. The molecule has 6 fully saturated rings. The van der Waals surface area contributed by atoms with E-state index in [0.29, 0.717) is 86.1 Å². The maximum absolute atomic E-state index is 13.7. The maximum atomic E-state index is 13.7. The average molecular weight is 1800 g/mol. The molecule has 20 rings (SSSR count). The Hall–Kier alpha value is -9.70. The van der Waals surface area contributed by atoms with Crippen LogP contribution in [0.2, 0.25) is 58.9 Å². The van der Waals surface area contributed by atoms with Gasteiger partial charge in [0, 0.05) is 83.5 Å². The van der Waals surface area contributed by atoms with Gasteiger partial charge in [0.05, 0.1) is 66.7 Å². The zero-order valence-corrected chi connectivity index (χ0v) is 80.0. The van der Waals surface area contributed by atoms with E-state index in [9.17, 15) is 32.7 Å². The molecule has 6 saturated carbocycles. The van der Waals surface area contributed by atoms with E-state index in [1.54, 1.807) is 24.3 Å². The van der Waals surface area contributed by atoms with Gasteiger partial charge in [-0.1, -0.05) is 169 Å². The van der Waals surface area contributed by atoms with Crippen LogP contribution in [0.3, 0.4) is 0 Å². The van der Waals surface area contributed by atoms with Crippen LogP contribution in [0.4, 0.5) is 13.2 Å². The molecular formula is C100H131F3N12O10Si3. The Morgan fingerprint density at radius 1 is 0.461 bits per heavy atom. The third-order valence-electron chi connectivity index (χ3n) is 25.5. The number of amides is 2. The van der Waals surface area contributed by atoms with Crippen molar-refractivity contribution < 1.29 is 60.8 Å². The molecule has 0 unspecified atom stereocenters. The Labute approximate surface area is 757 Å². The summed E-state index contributed by atoms with van der Waals surface area (Å²) in [7, 11) is -3.25. The van der Waals surface area contributed by atoms with Crippen molar-refractivity contribution in [1.82, 2.24) is 19.6 Å². The van der Waals surface area contributed by atoms with E-state index >= 15 is 0 Å². The van der Waals surface area contributed by atoms with Gasteiger partial charge >= 0.3 is 0 Å². The normalized spacial score (nSPS) is 27.9. The second-order valence-corrected chi connectivity index (χ2v) is 53.5. The topological polar surface area (TPSA) is 314 Å². The minimum Gasteiger partial charge on any atom is -0.457 e. The number of aliphatic hydroxyl groups is 2. The van der Waals surface area contributed by atoms with Crippen LogP contribution in [0.25, 0.3) is 0 Å². The number of ether oxygens (including phenoxy) is 3. The van der Waals surface area contributed by atoms with Gasteiger partial charge in [-0.25, -0.2) is 33.4 Å². The molecule has 2 amide bonds. The number of amidine groups is 3. The zero-order valence-electron chi connectivity index (χ0n) is 77.0. The lowest BCUT2D eigenvalue weighted by Crippen LogP contribution is -2.59. The lowest BCUT2D eigenvalue weighted by molar-refractivity contribution is -0.126. The minimum absolute atomic E-state index is 0.0203. The van der Waals surface area contributed by atoms with Crippen molar-refractivity contribution in [3.8, 4) is 11.8 Å². The highest BCUT2D eigenvalue weighted by Crippen LogP contribution is 2.50. The molecule has 0 bridgehead atoms. The number of hydrogen-bond acceptors (Lipinski definition) is 21. The Morgan fingerprint density at radius 3 is 1.06 bits per heavy atom. The number of nitriles is 2. The molecule has 7 aliphatic heterocycles. The molecule has 13 aliphatic rings. The summed E-state index contributed by atoms with van der Waals surface area (Å²) in [6.45, 7) is 32.9. The summed E-state index contributed by atoms with van der Waals surface area (Å²) in [5.41, 5.74) is 18.3. The van der Waals surface area contributed by atoms with Gasteiger partial charge in [-0.3, -0.25) is 31.0 Å². The van der Waals surface area contributed by atoms with Gasteiger partial charge < -0.3 is 53.7 Å². The first kappa shape index (κ1) is 97.4. The quantitative estimate of drug-likeness (QED) is 0.0388. The number of imide groups is 1. The molecule has 0 saturated heterocycles. The highest BCUT2D eigenvalue weighted by molar-refractivity contribution is 6.83. The Balaban J connectivity index is 0.000000145. The summed E-state index contributed by atoms with van der Waals surface area (Å²) in [6, 6.07) is 56.3. The monoisotopic (exact) mass is 1800 g/mol. The first-order valence-electron chi connectivity index (χ1n) is 45.3. The fourth-order valence-corrected chi connectivity index (χ4v) is 23.0. The smallest absolute Gasteiger partial charge is 0.288 e. The number of rotatable bonds is 9. The molecule has 8 N–H and O–H groups in total. The number of carbonyl (C=O) groups is 3. The third-order valence-corrected chi connectivity index (χ3v) is 28.2. The van der Waals surface area contributed by atoms with Crippen LogP contribution in [-0.2, 0) is 47.1 Å². The van der Waals surface area contributed by atoms with Crippen LogP contribution in [0.15, 0.2) is 185 Å². The first-order chi connectivity index (χ1) is 60.9. The Morgan fingerprint density at radius 2 is 0.781 bits per heavy atom. The molecule has 7 aromatic rings. The lowest BCUT2D eigenvalue weighted by atomic mass is 9.72. The fraction of sp³-hybridized carbons (Fsp3) is 0.500. The standard InChI is InChI=1S/C29H24FN3O3.C22H23FN2O.C21H21FN2O2.C9H21NOSi.C9H17NOSi.C5H8O.C4H9NSi.CH4O.H4N2/c30-20-11-9-19(10-12-20)25-22-6-2-1-5-18(22)13-14-32(25)28-31-17-29(36-28)15-21(16-29)33-26(34)23-7-3-4-8-24(23)27(33)35;1-15-12-22(13-15)14-24-21(26-22)25-11-10-16-4-2-3-5-19(16)20(25)17-6-8-18(23)9-7-17;22-16-7-5-15(6-8-16)19-18-4-2-1-3-14(18)9-10-24(19)20-23-13-21(26-20)11-17(25)12-21;2*1-8-5-9(6-8,7-10)11-12(2,3)4;1-4-2-5(6)3-4;1-6(2,3)4-5;2*1-2/h1-12,21,25H,13-17H2;2-9,15,20H,10-14H2,1H3;1-8,17,19,25H,9-13H2;8H,5-7,10H2,1-4H3;8H,5-6H2,1-4H3;4H,2-3H2,1H3;1-3H3;2H,1H3;1-2H2/t21?,25-,29?;15?,20-,22?;17?,19-,21?;;;;;;/m000....../s1. The molecule has 22 nitrogen and oxygen atoms in total. The number of hydrazine groups is 1. The SMILES string of the molecule is CC1CC(=O)C1.CC1CC(C#N)(O[Si](C)(C)C)C1.CC1CC(CN)(O[Si](C)(C)C)C1.CC1CC2(CN=C(N3CCc4ccccc4[C@@H]3c3ccc(F)cc3)O2)C1.CO.C[Si](C)(C)C#N.NN.O=C1c2ccccc2C(=O)N1C1CC2(CN=C(N3CCc4ccccc4[C@@H]3c3ccc(F)cc3)O2)C1.OC1CC2(CN=C(N3CCc4ccccc4[C@@H]3c3ccc(F)cc3)O2)C1. The molecule has 3 atom stereocenters. The third kappa shape index (κ3) is 23.0. The number of fused-ring (bicyclic) bond motifs is 4. The fourth-order valence-electron chi connectivity index (χ4n) is 20.1. The van der Waals surface area contributed by atoms with Crippen molar-refractivity contribution >= 4 is 60.4 Å². The number of nitrogens with zero attached hydrogens (tertiary/aromatic N) is 9. The van der Waals surface area contributed by atoms with E-state index in [-0.39, 0.29) is 76.3 Å². The predicted octanol–water partition coefficient (Wildman–Crippen LogP) is 17.0. The predicted molar refractivity (Wildman–Crippen MR) is 502 cm³/mol. The highest BCUT2D eigenvalue weighted by Gasteiger charge is 2.58. The first-order valence-corrected chi connectivity index (χ1v) is 55.6. The van der Waals surface area contributed by atoms with Crippen molar-refractivity contribution in [1.29, 1.82) is 10.5 Å². The van der Waals surface area contributed by atoms with Crippen LogP contribution in [-0.4, -0.2) is 183 Å². The summed E-state index contributed by atoms with van der Waals surface area (Å²) < 4.78 is 71.7. The summed E-state index contributed by atoms with van der Waals surface area (Å²) >= 11 is 0. The largest absolute Gasteiger partial charge is 0.457 e. The molecule has 7 heterocycles. The van der Waals surface area contributed by atoms with Gasteiger partial charge in [-0.05, 0) is 219 Å². The van der Waals surface area contributed by atoms with Crippen molar-refractivity contribution in [2.75, 3.05) is 52.9 Å². The molecule has 0 aromatic heterocycles. The number of hydrogen-bond donors (Lipinski definition) is 5. The van der Waals surface area contributed by atoms with Gasteiger partial charge in [0.25, 0.3) is 29.9 Å². The van der Waals surface area contributed by atoms with E-state index in [0.717, 1.165) is 138 Å². The number of aliphatic hydroxyl groups excluding tert-OH is 2. The van der Waals surface area contributed by atoms with E-state index in [1.807, 2.05) is 74.2 Å². The lowest BCUT2D eigenvalue weighted by Gasteiger charge is -2.49. The maximum Gasteiger partial charge on any atom is 0.288 e.